The lowest BCUT2D eigenvalue weighted by Gasteiger charge is -2.09. The number of rotatable bonds is 7. The fourth-order valence-corrected chi connectivity index (χ4v) is 3.85. The van der Waals surface area contributed by atoms with Crippen LogP contribution >= 0.6 is 11.3 Å². The van der Waals surface area contributed by atoms with Gasteiger partial charge in [0.1, 0.15) is 10.6 Å². The molecule has 0 saturated carbocycles. The van der Waals surface area contributed by atoms with Crippen molar-refractivity contribution in [2.75, 3.05) is 11.9 Å². The van der Waals surface area contributed by atoms with Gasteiger partial charge in [0.2, 0.25) is 0 Å². The molecule has 0 fully saturated rings. The molecule has 1 aromatic heterocycles. The van der Waals surface area contributed by atoms with Crippen LogP contribution in [0.3, 0.4) is 0 Å². The highest BCUT2D eigenvalue weighted by Gasteiger charge is 2.23. The summed E-state index contributed by atoms with van der Waals surface area (Å²) >= 11 is 1.23. The first-order chi connectivity index (χ1) is 14.4. The highest BCUT2D eigenvalue weighted by molar-refractivity contribution is 7.15. The Bertz CT molecular complexity index is 1070. The zero-order valence-electron chi connectivity index (χ0n) is 16.5. The lowest BCUT2D eigenvalue weighted by Crippen LogP contribution is -2.14. The second kappa shape index (κ2) is 9.32. The number of nitro groups is 1. The standard InChI is InChI=1S/C22H20N2O5S/c1-3-14-5-7-15(8-6-14)18-13-30-21(19(18)22(26)29-4-2)23-20(25)16-9-11-17(12-10-16)24(27)28/h5-13H,3-4H2,1-2H3,(H,23,25). The van der Waals surface area contributed by atoms with Crippen LogP contribution in [0.1, 0.15) is 40.1 Å². The summed E-state index contributed by atoms with van der Waals surface area (Å²) in [6.07, 6.45) is 0.908. The van der Waals surface area contributed by atoms with Gasteiger partial charge in [-0.05, 0) is 36.6 Å². The lowest BCUT2D eigenvalue weighted by atomic mass is 10.0. The first-order valence-corrected chi connectivity index (χ1v) is 10.3. The van der Waals surface area contributed by atoms with E-state index < -0.39 is 16.8 Å². The van der Waals surface area contributed by atoms with Crippen LogP contribution in [0.2, 0.25) is 0 Å². The number of anilines is 1. The lowest BCUT2D eigenvalue weighted by molar-refractivity contribution is -0.384. The topological polar surface area (TPSA) is 98.5 Å². The average molecular weight is 424 g/mol. The number of carbonyl (C=O) groups excluding carboxylic acids is 2. The van der Waals surface area contributed by atoms with Crippen LogP contribution in [0.25, 0.3) is 11.1 Å². The molecule has 0 saturated heterocycles. The molecule has 8 heteroatoms. The minimum atomic E-state index is -0.532. The molecule has 1 heterocycles. The molecule has 0 aliphatic carbocycles. The van der Waals surface area contributed by atoms with Gasteiger partial charge >= 0.3 is 5.97 Å². The molecule has 3 aromatic rings. The number of ether oxygens (including phenoxy) is 1. The minimum Gasteiger partial charge on any atom is -0.462 e. The largest absolute Gasteiger partial charge is 0.462 e. The second-order valence-corrected chi connectivity index (χ2v) is 7.26. The van der Waals surface area contributed by atoms with Gasteiger partial charge in [0.05, 0.1) is 11.5 Å². The Morgan fingerprint density at radius 3 is 2.30 bits per heavy atom. The van der Waals surface area contributed by atoms with Crippen LogP contribution in [-0.2, 0) is 11.2 Å². The van der Waals surface area contributed by atoms with Crippen molar-refractivity contribution in [2.45, 2.75) is 20.3 Å². The van der Waals surface area contributed by atoms with Crippen molar-refractivity contribution in [3.8, 4) is 11.1 Å². The molecule has 154 valence electrons. The monoisotopic (exact) mass is 424 g/mol. The molecule has 0 unspecified atom stereocenters. The fourth-order valence-electron chi connectivity index (χ4n) is 2.90. The smallest absolute Gasteiger partial charge is 0.341 e. The Kier molecular flexibility index (Phi) is 6.58. The van der Waals surface area contributed by atoms with Crippen LogP contribution in [-0.4, -0.2) is 23.4 Å². The van der Waals surface area contributed by atoms with E-state index in [2.05, 4.69) is 12.2 Å². The first-order valence-electron chi connectivity index (χ1n) is 9.38. The van der Waals surface area contributed by atoms with E-state index in [4.69, 9.17) is 4.74 Å². The number of hydrogen-bond acceptors (Lipinski definition) is 6. The van der Waals surface area contributed by atoms with Crippen LogP contribution in [0, 0.1) is 10.1 Å². The number of carbonyl (C=O) groups is 2. The summed E-state index contributed by atoms with van der Waals surface area (Å²) in [7, 11) is 0. The van der Waals surface area contributed by atoms with Crippen LogP contribution in [0.5, 0.6) is 0 Å². The molecule has 0 bridgehead atoms. The quantitative estimate of drug-likeness (QED) is 0.315. The molecule has 1 amide bonds. The SMILES string of the molecule is CCOC(=O)c1c(-c2ccc(CC)cc2)csc1NC(=O)c1ccc([N+](=O)[O-])cc1. The molecule has 7 nitrogen and oxygen atoms in total. The Morgan fingerprint density at radius 2 is 1.73 bits per heavy atom. The number of nitrogens with zero attached hydrogens (tertiary/aromatic N) is 1. The van der Waals surface area contributed by atoms with Crippen molar-refractivity contribution in [1.82, 2.24) is 0 Å². The molecule has 0 aliphatic heterocycles. The van der Waals surface area contributed by atoms with Gasteiger partial charge in [0.15, 0.2) is 0 Å². The maximum absolute atomic E-state index is 12.6. The van der Waals surface area contributed by atoms with Crippen LogP contribution < -0.4 is 5.32 Å². The minimum absolute atomic E-state index is 0.104. The third kappa shape index (κ3) is 4.55. The molecule has 0 spiro atoms. The fraction of sp³-hybridized carbons (Fsp3) is 0.182. The van der Waals surface area contributed by atoms with E-state index >= 15 is 0 Å². The predicted molar refractivity (Wildman–Crippen MR) is 116 cm³/mol. The van der Waals surface area contributed by atoms with Crippen LogP contribution in [0.15, 0.2) is 53.9 Å². The number of nitrogens with one attached hydrogen (secondary N) is 1. The molecule has 30 heavy (non-hydrogen) atoms. The van der Waals surface area contributed by atoms with Crippen molar-refractivity contribution in [3.63, 3.8) is 0 Å². The molecule has 0 atom stereocenters. The van der Waals surface area contributed by atoms with Crippen molar-refractivity contribution < 1.29 is 19.2 Å². The van der Waals surface area contributed by atoms with Gasteiger partial charge in [0, 0.05) is 28.6 Å². The maximum Gasteiger partial charge on any atom is 0.341 e. The van der Waals surface area contributed by atoms with E-state index in [1.165, 1.54) is 41.2 Å². The Hall–Kier alpha value is -3.52. The normalized spacial score (nSPS) is 10.5. The van der Waals surface area contributed by atoms with E-state index in [0.717, 1.165) is 12.0 Å². The van der Waals surface area contributed by atoms with Crippen molar-refractivity contribution in [1.29, 1.82) is 0 Å². The van der Waals surface area contributed by atoms with Gasteiger partial charge in [-0.1, -0.05) is 31.2 Å². The predicted octanol–water partition coefficient (Wildman–Crippen LogP) is 5.31. The Labute approximate surface area is 177 Å². The zero-order valence-corrected chi connectivity index (χ0v) is 17.3. The van der Waals surface area contributed by atoms with E-state index in [1.807, 2.05) is 24.3 Å². The number of nitro benzene ring substituents is 1. The summed E-state index contributed by atoms with van der Waals surface area (Å²) in [5, 5.41) is 15.7. The third-order valence-corrected chi connectivity index (χ3v) is 5.41. The summed E-state index contributed by atoms with van der Waals surface area (Å²) in [5.41, 5.74) is 3.15. The van der Waals surface area contributed by atoms with E-state index in [0.29, 0.717) is 16.1 Å². The first kappa shape index (κ1) is 21.2. The van der Waals surface area contributed by atoms with Gasteiger partial charge in [-0.15, -0.1) is 11.3 Å². The van der Waals surface area contributed by atoms with Crippen LogP contribution in [0.4, 0.5) is 10.7 Å². The summed E-state index contributed by atoms with van der Waals surface area (Å²) in [6.45, 7) is 3.99. The average Bonchev–Trinajstić information content (AvgIpc) is 3.17. The number of amides is 1. The third-order valence-electron chi connectivity index (χ3n) is 4.51. The molecule has 0 aliphatic rings. The number of benzene rings is 2. The summed E-state index contributed by atoms with van der Waals surface area (Å²) in [4.78, 5) is 35.5. The Balaban J connectivity index is 1.93. The van der Waals surface area contributed by atoms with Gasteiger partial charge in [-0.25, -0.2) is 4.79 Å². The summed E-state index contributed by atoms with van der Waals surface area (Å²) in [6, 6.07) is 13.1. The van der Waals surface area contributed by atoms with E-state index in [9.17, 15) is 19.7 Å². The van der Waals surface area contributed by atoms with E-state index in [-0.39, 0.29) is 17.9 Å². The summed E-state index contributed by atoms with van der Waals surface area (Å²) < 4.78 is 5.20. The zero-order chi connectivity index (χ0) is 21.7. The van der Waals surface area contributed by atoms with Gasteiger partial charge in [0.25, 0.3) is 11.6 Å². The van der Waals surface area contributed by atoms with Gasteiger partial charge in [-0.3, -0.25) is 14.9 Å². The van der Waals surface area contributed by atoms with Crippen molar-refractivity contribution in [2.24, 2.45) is 0 Å². The number of thiophene rings is 1. The molecule has 1 N–H and O–H groups in total. The highest BCUT2D eigenvalue weighted by atomic mass is 32.1. The number of aryl methyl sites for hydroxylation is 1. The molecule has 3 rings (SSSR count). The number of non-ortho nitro benzene ring substituents is 1. The van der Waals surface area contributed by atoms with Crippen molar-refractivity contribution >= 4 is 33.9 Å². The van der Waals surface area contributed by atoms with Gasteiger partial charge in [-0.2, -0.15) is 0 Å². The summed E-state index contributed by atoms with van der Waals surface area (Å²) in [5.74, 6) is -0.988. The maximum atomic E-state index is 12.6. The van der Waals surface area contributed by atoms with E-state index in [1.54, 1.807) is 12.3 Å². The highest BCUT2D eigenvalue weighted by Crippen LogP contribution is 2.36. The number of esters is 1. The molecular formula is C22H20N2O5S. The van der Waals surface area contributed by atoms with Crippen molar-refractivity contribution in [3.05, 3.63) is 80.7 Å². The number of hydrogen-bond donors (Lipinski definition) is 1. The second-order valence-electron chi connectivity index (χ2n) is 6.38. The molecule has 0 radical (unpaired) electrons. The molecular weight excluding hydrogens is 404 g/mol. The van der Waals surface area contributed by atoms with Gasteiger partial charge < -0.3 is 10.1 Å². The molecule has 2 aromatic carbocycles. The Morgan fingerprint density at radius 1 is 1.07 bits per heavy atom.